The quantitative estimate of drug-likeness (QED) is 0.777. The van der Waals surface area contributed by atoms with E-state index in [4.69, 9.17) is 30.5 Å². The third kappa shape index (κ3) is 4.65. The summed E-state index contributed by atoms with van der Waals surface area (Å²) >= 11 is 6.27. The van der Waals surface area contributed by atoms with Crippen LogP contribution >= 0.6 is 11.6 Å². The molecule has 0 spiro atoms. The first-order chi connectivity index (χ1) is 13.1. The number of amides is 1. The summed E-state index contributed by atoms with van der Waals surface area (Å²) in [4.78, 5) is 12.3. The van der Waals surface area contributed by atoms with E-state index >= 15 is 0 Å². The SMILES string of the molecule is COc1ccc(NC(=O)/C=C/c2cc(Cl)c3c(c2)OCCCO3)c(OC)c1. The molecule has 0 aromatic heterocycles. The highest BCUT2D eigenvalue weighted by Gasteiger charge is 2.15. The molecule has 1 heterocycles. The van der Waals surface area contributed by atoms with E-state index in [1.165, 1.54) is 13.2 Å². The van der Waals surface area contributed by atoms with Gasteiger partial charge < -0.3 is 24.3 Å². The number of nitrogens with one attached hydrogen (secondary N) is 1. The highest BCUT2D eigenvalue weighted by Crippen LogP contribution is 2.38. The summed E-state index contributed by atoms with van der Waals surface area (Å²) < 4.78 is 21.7. The largest absolute Gasteiger partial charge is 0.497 e. The fourth-order valence-corrected chi connectivity index (χ4v) is 2.87. The number of methoxy groups -OCH3 is 2. The molecule has 142 valence electrons. The first-order valence-corrected chi connectivity index (χ1v) is 8.78. The summed E-state index contributed by atoms with van der Waals surface area (Å²) in [6.07, 6.45) is 3.87. The van der Waals surface area contributed by atoms with Crippen LogP contribution < -0.4 is 24.3 Å². The molecular weight excluding hydrogens is 370 g/mol. The molecule has 0 radical (unpaired) electrons. The van der Waals surface area contributed by atoms with E-state index in [9.17, 15) is 4.79 Å². The molecule has 0 unspecified atom stereocenters. The Morgan fingerprint density at radius 3 is 2.74 bits per heavy atom. The Labute approximate surface area is 162 Å². The van der Waals surface area contributed by atoms with E-state index < -0.39 is 0 Å². The second-order valence-corrected chi connectivity index (χ2v) is 6.18. The molecule has 0 aliphatic carbocycles. The second-order valence-electron chi connectivity index (χ2n) is 5.77. The molecule has 1 aliphatic rings. The Kier molecular flexibility index (Phi) is 6.08. The minimum atomic E-state index is -0.304. The smallest absolute Gasteiger partial charge is 0.248 e. The van der Waals surface area contributed by atoms with Gasteiger partial charge in [-0.1, -0.05) is 11.6 Å². The number of hydrogen-bond donors (Lipinski definition) is 1. The van der Waals surface area contributed by atoms with Gasteiger partial charge in [0.2, 0.25) is 5.91 Å². The van der Waals surface area contributed by atoms with Crippen molar-refractivity contribution in [3.63, 3.8) is 0 Å². The van der Waals surface area contributed by atoms with Gasteiger partial charge in [-0.25, -0.2) is 0 Å². The molecule has 1 aliphatic heterocycles. The van der Waals surface area contributed by atoms with Crippen molar-refractivity contribution in [1.82, 2.24) is 0 Å². The van der Waals surface area contributed by atoms with Gasteiger partial charge in [-0.2, -0.15) is 0 Å². The zero-order valence-corrected chi connectivity index (χ0v) is 15.8. The van der Waals surface area contributed by atoms with Crippen LogP contribution in [0, 0.1) is 0 Å². The summed E-state index contributed by atoms with van der Waals surface area (Å²) in [5, 5.41) is 3.22. The summed E-state index contributed by atoms with van der Waals surface area (Å²) in [7, 11) is 3.09. The zero-order valence-electron chi connectivity index (χ0n) is 15.1. The van der Waals surface area contributed by atoms with Crippen LogP contribution in [0.2, 0.25) is 5.02 Å². The van der Waals surface area contributed by atoms with Crippen molar-refractivity contribution in [2.75, 3.05) is 32.8 Å². The van der Waals surface area contributed by atoms with E-state index in [0.29, 0.717) is 46.9 Å². The number of fused-ring (bicyclic) bond motifs is 1. The fraction of sp³-hybridized carbons (Fsp3) is 0.250. The maximum atomic E-state index is 12.3. The summed E-state index contributed by atoms with van der Waals surface area (Å²) in [5.74, 6) is 1.97. The number of anilines is 1. The van der Waals surface area contributed by atoms with Gasteiger partial charge in [-0.15, -0.1) is 0 Å². The van der Waals surface area contributed by atoms with Crippen molar-refractivity contribution < 1.29 is 23.7 Å². The lowest BCUT2D eigenvalue weighted by Crippen LogP contribution is -2.09. The lowest BCUT2D eigenvalue weighted by molar-refractivity contribution is -0.111. The Morgan fingerprint density at radius 2 is 1.96 bits per heavy atom. The first kappa shape index (κ1) is 18.9. The number of rotatable bonds is 5. The van der Waals surface area contributed by atoms with Crippen LogP contribution in [0.1, 0.15) is 12.0 Å². The Balaban J connectivity index is 1.74. The van der Waals surface area contributed by atoms with Crippen LogP contribution in [0.3, 0.4) is 0 Å². The standard InChI is InChI=1S/C20H20ClNO5/c1-24-14-5-6-16(17(12-14)25-2)22-19(23)7-4-13-10-15(21)20-18(11-13)26-8-3-9-27-20/h4-7,10-12H,3,8-9H2,1-2H3,(H,22,23)/b7-4+. The molecular formula is C20H20ClNO5. The Bertz CT molecular complexity index is 866. The minimum absolute atomic E-state index is 0.304. The fourth-order valence-electron chi connectivity index (χ4n) is 2.60. The average molecular weight is 390 g/mol. The lowest BCUT2D eigenvalue weighted by Gasteiger charge is -2.11. The summed E-state index contributed by atoms with van der Waals surface area (Å²) in [6.45, 7) is 1.13. The van der Waals surface area contributed by atoms with Crippen molar-refractivity contribution in [2.45, 2.75) is 6.42 Å². The van der Waals surface area contributed by atoms with E-state index in [2.05, 4.69) is 5.32 Å². The van der Waals surface area contributed by atoms with Crippen LogP contribution in [0.5, 0.6) is 23.0 Å². The number of carbonyl (C=O) groups is 1. The maximum Gasteiger partial charge on any atom is 0.248 e. The summed E-state index contributed by atoms with van der Waals surface area (Å²) in [5.41, 5.74) is 1.28. The molecule has 0 bridgehead atoms. The molecule has 2 aromatic rings. The molecule has 2 aromatic carbocycles. The zero-order chi connectivity index (χ0) is 19.2. The first-order valence-electron chi connectivity index (χ1n) is 8.41. The van der Waals surface area contributed by atoms with E-state index in [1.54, 1.807) is 43.5 Å². The van der Waals surface area contributed by atoms with Crippen LogP contribution in [-0.2, 0) is 4.79 Å². The van der Waals surface area contributed by atoms with Gasteiger partial charge in [0.25, 0.3) is 0 Å². The second kappa shape index (κ2) is 8.68. The van der Waals surface area contributed by atoms with Crippen LogP contribution in [0.15, 0.2) is 36.4 Å². The van der Waals surface area contributed by atoms with Crippen LogP contribution in [-0.4, -0.2) is 33.3 Å². The van der Waals surface area contributed by atoms with Crippen molar-refractivity contribution in [3.05, 3.63) is 47.0 Å². The number of benzene rings is 2. The molecule has 3 rings (SSSR count). The van der Waals surface area contributed by atoms with E-state index in [0.717, 1.165) is 12.0 Å². The van der Waals surface area contributed by atoms with Gasteiger partial charge in [0, 0.05) is 18.6 Å². The molecule has 1 N–H and O–H groups in total. The van der Waals surface area contributed by atoms with E-state index in [1.807, 2.05) is 0 Å². The monoisotopic (exact) mass is 389 g/mol. The summed E-state index contributed by atoms with van der Waals surface area (Å²) in [6, 6.07) is 8.68. The molecule has 0 fully saturated rings. The van der Waals surface area contributed by atoms with Crippen molar-refractivity contribution in [2.24, 2.45) is 0 Å². The maximum absolute atomic E-state index is 12.3. The molecule has 0 saturated heterocycles. The highest BCUT2D eigenvalue weighted by molar-refractivity contribution is 6.32. The van der Waals surface area contributed by atoms with Crippen LogP contribution in [0.25, 0.3) is 6.08 Å². The van der Waals surface area contributed by atoms with Gasteiger partial charge in [-0.3, -0.25) is 4.79 Å². The third-order valence-corrected chi connectivity index (χ3v) is 4.20. The van der Waals surface area contributed by atoms with Crippen molar-refractivity contribution in [1.29, 1.82) is 0 Å². The van der Waals surface area contributed by atoms with Gasteiger partial charge in [0.05, 0.1) is 38.1 Å². The van der Waals surface area contributed by atoms with E-state index in [-0.39, 0.29) is 5.91 Å². The van der Waals surface area contributed by atoms with Gasteiger partial charge in [-0.05, 0) is 35.9 Å². The highest BCUT2D eigenvalue weighted by atomic mass is 35.5. The van der Waals surface area contributed by atoms with Gasteiger partial charge in [0.1, 0.15) is 11.5 Å². The Hall–Kier alpha value is -2.86. The molecule has 6 nitrogen and oxygen atoms in total. The van der Waals surface area contributed by atoms with Gasteiger partial charge in [0.15, 0.2) is 11.5 Å². The molecule has 1 amide bonds. The topological polar surface area (TPSA) is 66.0 Å². The number of hydrogen-bond acceptors (Lipinski definition) is 5. The number of ether oxygens (including phenoxy) is 4. The van der Waals surface area contributed by atoms with Crippen molar-refractivity contribution in [3.8, 4) is 23.0 Å². The van der Waals surface area contributed by atoms with Crippen LogP contribution in [0.4, 0.5) is 5.69 Å². The predicted octanol–water partition coefficient (Wildman–Crippen LogP) is 4.17. The third-order valence-electron chi connectivity index (χ3n) is 3.92. The normalized spacial score (nSPS) is 13.1. The molecule has 7 heteroatoms. The minimum Gasteiger partial charge on any atom is -0.497 e. The van der Waals surface area contributed by atoms with Gasteiger partial charge >= 0.3 is 0 Å². The molecule has 27 heavy (non-hydrogen) atoms. The average Bonchev–Trinajstić information content (AvgIpc) is 2.92. The Morgan fingerprint density at radius 1 is 1.15 bits per heavy atom. The predicted molar refractivity (Wildman–Crippen MR) is 104 cm³/mol. The molecule has 0 atom stereocenters. The lowest BCUT2D eigenvalue weighted by atomic mass is 10.2. The molecule has 0 saturated carbocycles. The van der Waals surface area contributed by atoms with Crippen molar-refractivity contribution >= 4 is 29.3 Å². The number of carbonyl (C=O) groups excluding carboxylic acids is 1. The number of halogens is 1.